The van der Waals surface area contributed by atoms with Crippen LogP contribution in [0.15, 0.2) is 24.3 Å². The molecule has 0 aromatic heterocycles. The molecule has 1 saturated carbocycles. The zero-order chi connectivity index (χ0) is 12.6. The third-order valence-electron chi connectivity index (χ3n) is 2.81. The smallest absolute Gasteiger partial charge is 0.299 e. The first-order chi connectivity index (χ1) is 7.89. The summed E-state index contributed by atoms with van der Waals surface area (Å²) >= 11 is 0. The number of hydrogen-bond donors (Lipinski definition) is 0. The molecule has 1 aliphatic rings. The zero-order valence-corrected chi connectivity index (χ0v) is 8.75. The van der Waals surface area contributed by atoms with Gasteiger partial charge in [-0.25, -0.2) is 0 Å². The highest BCUT2D eigenvalue weighted by Gasteiger charge is 2.36. The van der Waals surface area contributed by atoms with Gasteiger partial charge >= 0.3 is 6.18 Å². The number of carbonyl (C=O) groups excluding carboxylic acids is 2. The normalized spacial score (nSPS) is 17.8. The van der Waals surface area contributed by atoms with E-state index < -0.39 is 17.7 Å². The highest BCUT2D eigenvalue weighted by molar-refractivity contribution is 6.13. The van der Waals surface area contributed by atoms with E-state index in [4.69, 9.17) is 0 Å². The number of alkyl halides is 3. The summed E-state index contributed by atoms with van der Waals surface area (Å²) in [4.78, 5) is 22.9. The highest BCUT2D eigenvalue weighted by Crippen LogP contribution is 2.33. The summed E-state index contributed by atoms with van der Waals surface area (Å²) in [6.07, 6.45) is -4.21. The fourth-order valence-corrected chi connectivity index (χ4v) is 1.98. The summed E-state index contributed by atoms with van der Waals surface area (Å²) in [5.41, 5.74) is -0.685. The van der Waals surface area contributed by atoms with Crippen molar-refractivity contribution in [2.24, 2.45) is 0 Å². The van der Waals surface area contributed by atoms with E-state index in [1.807, 2.05) is 0 Å². The molecule has 2 rings (SSSR count). The minimum absolute atomic E-state index is 0.125. The van der Waals surface area contributed by atoms with Crippen LogP contribution in [0.2, 0.25) is 0 Å². The predicted octanol–water partition coefficient (Wildman–Crippen LogP) is 2.72. The molecule has 90 valence electrons. The first-order valence-electron chi connectivity index (χ1n) is 5.12. The summed E-state index contributed by atoms with van der Waals surface area (Å²) in [6, 6.07) is 4.41. The quantitative estimate of drug-likeness (QED) is 0.709. The van der Waals surface area contributed by atoms with Crippen LogP contribution in [-0.4, -0.2) is 11.6 Å². The van der Waals surface area contributed by atoms with E-state index in [1.54, 1.807) is 0 Å². The standard InChI is InChI=1S/C12H9F3O2/c13-12(14,15)8-3-1-2-7(6-8)11-9(16)4-5-10(11)17/h1-3,6,11H,4-5H2. The average molecular weight is 242 g/mol. The van der Waals surface area contributed by atoms with Gasteiger partial charge < -0.3 is 0 Å². The van der Waals surface area contributed by atoms with Gasteiger partial charge in [0.1, 0.15) is 17.5 Å². The average Bonchev–Trinajstić information content (AvgIpc) is 2.57. The van der Waals surface area contributed by atoms with Gasteiger partial charge in [-0.2, -0.15) is 13.2 Å². The first kappa shape index (κ1) is 11.8. The van der Waals surface area contributed by atoms with Crippen LogP contribution in [0.4, 0.5) is 13.2 Å². The number of ketones is 2. The molecule has 1 aromatic rings. The van der Waals surface area contributed by atoms with Crippen molar-refractivity contribution in [3.05, 3.63) is 35.4 Å². The molecular weight excluding hydrogens is 233 g/mol. The molecule has 2 nitrogen and oxygen atoms in total. The van der Waals surface area contributed by atoms with Crippen LogP contribution in [0.1, 0.15) is 29.9 Å². The monoisotopic (exact) mass is 242 g/mol. The summed E-state index contributed by atoms with van der Waals surface area (Å²) < 4.78 is 37.4. The molecule has 0 atom stereocenters. The number of hydrogen-bond acceptors (Lipinski definition) is 2. The van der Waals surface area contributed by atoms with Crippen molar-refractivity contribution in [2.45, 2.75) is 24.9 Å². The van der Waals surface area contributed by atoms with Crippen LogP contribution in [0.25, 0.3) is 0 Å². The minimum atomic E-state index is -4.46. The van der Waals surface area contributed by atoms with E-state index in [9.17, 15) is 22.8 Å². The third kappa shape index (κ3) is 2.23. The van der Waals surface area contributed by atoms with Gasteiger partial charge in [-0.3, -0.25) is 9.59 Å². The second-order valence-electron chi connectivity index (χ2n) is 3.99. The minimum Gasteiger partial charge on any atom is -0.299 e. The summed E-state index contributed by atoms with van der Waals surface area (Å²) in [5.74, 6) is -1.60. The highest BCUT2D eigenvalue weighted by atomic mass is 19.4. The van der Waals surface area contributed by atoms with Gasteiger partial charge in [0.25, 0.3) is 0 Å². The van der Waals surface area contributed by atoms with Gasteiger partial charge in [0, 0.05) is 12.8 Å². The van der Waals surface area contributed by atoms with E-state index in [1.165, 1.54) is 12.1 Å². The van der Waals surface area contributed by atoms with Crippen LogP contribution < -0.4 is 0 Å². The van der Waals surface area contributed by atoms with Crippen molar-refractivity contribution >= 4 is 11.6 Å². The Labute approximate surface area is 95.4 Å². The molecule has 0 amide bonds. The summed E-state index contributed by atoms with van der Waals surface area (Å²) in [7, 11) is 0. The van der Waals surface area contributed by atoms with Crippen molar-refractivity contribution in [1.82, 2.24) is 0 Å². The molecule has 0 bridgehead atoms. The maximum atomic E-state index is 12.5. The van der Waals surface area contributed by atoms with Gasteiger partial charge in [-0.1, -0.05) is 18.2 Å². The molecule has 17 heavy (non-hydrogen) atoms. The lowest BCUT2D eigenvalue weighted by Crippen LogP contribution is -2.13. The van der Waals surface area contributed by atoms with Gasteiger partial charge in [-0.05, 0) is 11.6 Å². The van der Waals surface area contributed by atoms with Crippen molar-refractivity contribution in [2.75, 3.05) is 0 Å². The lowest BCUT2D eigenvalue weighted by Gasteiger charge is -2.11. The lowest BCUT2D eigenvalue weighted by atomic mass is 9.94. The van der Waals surface area contributed by atoms with Gasteiger partial charge in [0.05, 0.1) is 5.56 Å². The third-order valence-corrected chi connectivity index (χ3v) is 2.81. The molecule has 0 saturated heterocycles. The lowest BCUT2D eigenvalue weighted by molar-refractivity contribution is -0.138. The van der Waals surface area contributed by atoms with Crippen molar-refractivity contribution < 1.29 is 22.8 Å². The molecule has 0 spiro atoms. The Morgan fingerprint density at radius 2 is 1.65 bits per heavy atom. The molecule has 0 N–H and O–H groups in total. The summed E-state index contributed by atoms with van der Waals surface area (Å²) in [5, 5.41) is 0. The Hall–Kier alpha value is -1.65. The molecule has 0 heterocycles. The molecule has 0 radical (unpaired) electrons. The molecular formula is C12H9F3O2. The van der Waals surface area contributed by atoms with Crippen LogP contribution in [0.5, 0.6) is 0 Å². The number of benzene rings is 1. The maximum absolute atomic E-state index is 12.5. The topological polar surface area (TPSA) is 34.1 Å². The fraction of sp³-hybridized carbons (Fsp3) is 0.333. The zero-order valence-electron chi connectivity index (χ0n) is 8.75. The molecule has 1 fully saturated rings. The van der Waals surface area contributed by atoms with E-state index >= 15 is 0 Å². The van der Waals surface area contributed by atoms with E-state index in [0.29, 0.717) is 0 Å². The van der Waals surface area contributed by atoms with Crippen molar-refractivity contribution in [3.8, 4) is 0 Å². The molecule has 0 unspecified atom stereocenters. The fourth-order valence-electron chi connectivity index (χ4n) is 1.98. The first-order valence-corrected chi connectivity index (χ1v) is 5.12. The summed E-state index contributed by atoms with van der Waals surface area (Å²) in [6.45, 7) is 0. The van der Waals surface area contributed by atoms with E-state index in [-0.39, 0.29) is 30.0 Å². The number of Topliss-reactive ketones (excluding diaryl/α,β-unsaturated/α-hetero) is 2. The van der Waals surface area contributed by atoms with Crippen molar-refractivity contribution in [3.63, 3.8) is 0 Å². The number of halogens is 3. The predicted molar refractivity (Wildman–Crippen MR) is 53.4 cm³/mol. The van der Waals surface area contributed by atoms with E-state index in [0.717, 1.165) is 12.1 Å². The Balaban J connectivity index is 2.40. The van der Waals surface area contributed by atoms with Crippen LogP contribution in [-0.2, 0) is 15.8 Å². The molecule has 1 aromatic carbocycles. The Kier molecular flexibility index (Phi) is 2.77. The maximum Gasteiger partial charge on any atom is 0.416 e. The van der Waals surface area contributed by atoms with E-state index in [2.05, 4.69) is 0 Å². The van der Waals surface area contributed by atoms with Gasteiger partial charge in [-0.15, -0.1) is 0 Å². The second kappa shape index (κ2) is 3.98. The Morgan fingerprint density at radius 3 is 2.18 bits per heavy atom. The largest absolute Gasteiger partial charge is 0.416 e. The molecule has 5 heteroatoms. The van der Waals surface area contributed by atoms with Crippen molar-refractivity contribution in [1.29, 1.82) is 0 Å². The molecule has 0 aliphatic heterocycles. The van der Waals surface area contributed by atoms with Crippen LogP contribution in [0.3, 0.4) is 0 Å². The number of rotatable bonds is 1. The second-order valence-corrected chi connectivity index (χ2v) is 3.99. The molecule has 1 aliphatic carbocycles. The SMILES string of the molecule is O=C1CCC(=O)C1c1cccc(C(F)(F)F)c1. The Morgan fingerprint density at radius 1 is 1.06 bits per heavy atom. The van der Waals surface area contributed by atoms with Gasteiger partial charge in [0.15, 0.2) is 0 Å². The Bertz CT molecular complexity index is 461. The number of carbonyl (C=O) groups is 2. The van der Waals surface area contributed by atoms with Gasteiger partial charge in [0.2, 0.25) is 0 Å². The van der Waals surface area contributed by atoms with Crippen LogP contribution >= 0.6 is 0 Å². The van der Waals surface area contributed by atoms with Crippen LogP contribution in [0, 0.1) is 0 Å².